The van der Waals surface area contributed by atoms with Crippen LogP contribution in [0, 0.1) is 5.82 Å². The number of aromatic nitrogens is 1. The predicted molar refractivity (Wildman–Crippen MR) is 117 cm³/mol. The van der Waals surface area contributed by atoms with Crippen molar-refractivity contribution in [3.63, 3.8) is 0 Å². The van der Waals surface area contributed by atoms with E-state index in [1.165, 1.54) is 12.1 Å². The molecule has 0 aliphatic rings. The van der Waals surface area contributed by atoms with Crippen LogP contribution in [0.1, 0.15) is 23.2 Å². The van der Waals surface area contributed by atoms with E-state index in [4.69, 9.17) is 11.5 Å². The molecular weight excluding hydrogens is 402 g/mol. The fraction of sp³-hybridized carbons (Fsp3) is 0.250. The topological polar surface area (TPSA) is 96.9 Å². The van der Waals surface area contributed by atoms with Crippen LogP contribution < -0.4 is 16.8 Å². The Labute approximate surface area is 175 Å². The molecule has 8 heteroatoms. The van der Waals surface area contributed by atoms with Crippen LogP contribution in [-0.4, -0.2) is 30.0 Å². The maximum absolute atomic E-state index is 13.1. The minimum atomic E-state index is -0.265. The standard InChI is InChI=1S/C20H23FN4O.2ClH/c21-15-6-3-13(4-7-15)14-5-8-17-18(12-24-19(17)10-14)20(26)25-11-16(23)2-1-9-22;;/h3-8,10,12,16,24H,1-2,9,11,22-23H2,(H,25,26);2*1H. The maximum Gasteiger partial charge on any atom is 0.253 e. The number of H-pyrrole nitrogens is 1. The van der Waals surface area contributed by atoms with Gasteiger partial charge in [-0.2, -0.15) is 0 Å². The van der Waals surface area contributed by atoms with E-state index in [9.17, 15) is 9.18 Å². The number of nitrogens with two attached hydrogens (primary N) is 2. The van der Waals surface area contributed by atoms with Crippen molar-refractivity contribution in [1.82, 2.24) is 10.3 Å². The zero-order chi connectivity index (χ0) is 18.5. The lowest BCUT2D eigenvalue weighted by Gasteiger charge is -2.11. The van der Waals surface area contributed by atoms with Gasteiger partial charge in [-0.15, -0.1) is 24.8 Å². The summed E-state index contributed by atoms with van der Waals surface area (Å²) < 4.78 is 13.1. The fourth-order valence-corrected chi connectivity index (χ4v) is 2.94. The van der Waals surface area contributed by atoms with Crippen molar-refractivity contribution in [2.24, 2.45) is 11.5 Å². The van der Waals surface area contributed by atoms with Gasteiger partial charge in [0.25, 0.3) is 5.91 Å². The SMILES string of the molecule is Cl.Cl.NCCCC(N)CNC(=O)c1c[nH]c2cc(-c3ccc(F)cc3)ccc12. The van der Waals surface area contributed by atoms with E-state index in [0.717, 1.165) is 34.9 Å². The molecule has 0 bridgehead atoms. The number of amides is 1. The molecule has 0 aliphatic heterocycles. The first kappa shape index (κ1) is 23.9. The lowest BCUT2D eigenvalue weighted by molar-refractivity contribution is 0.0952. The van der Waals surface area contributed by atoms with Crippen molar-refractivity contribution in [3.8, 4) is 11.1 Å². The number of carbonyl (C=O) groups excluding carboxylic acids is 1. The second kappa shape index (κ2) is 11.0. The minimum absolute atomic E-state index is 0. The van der Waals surface area contributed by atoms with Crippen LogP contribution in [0.5, 0.6) is 0 Å². The first-order valence-corrected chi connectivity index (χ1v) is 8.69. The molecule has 0 spiro atoms. The summed E-state index contributed by atoms with van der Waals surface area (Å²) >= 11 is 0. The summed E-state index contributed by atoms with van der Waals surface area (Å²) in [7, 11) is 0. The largest absolute Gasteiger partial charge is 0.360 e. The average molecular weight is 427 g/mol. The van der Waals surface area contributed by atoms with Crippen molar-refractivity contribution in [3.05, 3.63) is 60.0 Å². The Bertz CT molecular complexity index is 899. The molecule has 0 aliphatic carbocycles. The van der Waals surface area contributed by atoms with Crippen LogP contribution in [0.25, 0.3) is 22.0 Å². The molecule has 6 N–H and O–H groups in total. The molecule has 1 amide bonds. The third kappa shape index (κ3) is 5.69. The summed E-state index contributed by atoms with van der Waals surface area (Å²) in [5, 5.41) is 3.71. The third-order valence-corrected chi connectivity index (χ3v) is 4.41. The number of rotatable bonds is 7. The van der Waals surface area contributed by atoms with Gasteiger partial charge in [0, 0.05) is 29.7 Å². The smallest absolute Gasteiger partial charge is 0.253 e. The lowest BCUT2D eigenvalue weighted by Crippen LogP contribution is -2.37. The van der Waals surface area contributed by atoms with Crippen LogP contribution >= 0.6 is 24.8 Å². The molecule has 3 rings (SSSR count). The highest BCUT2D eigenvalue weighted by atomic mass is 35.5. The molecule has 2 aromatic carbocycles. The normalized spacial score (nSPS) is 11.4. The molecule has 3 aromatic rings. The first-order chi connectivity index (χ1) is 12.6. The van der Waals surface area contributed by atoms with Gasteiger partial charge in [-0.25, -0.2) is 4.39 Å². The van der Waals surface area contributed by atoms with Crippen LogP contribution in [0.3, 0.4) is 0 Å². The first-order valence-electron chi connectivity index (χ1n) is 8.69. The number of hydrogen-bond donors (Lipinski definition) is 4. The summed E-state index contributed by atoms with van der Waals surface area (Å²) in [5.41, 5.74) is 14.7. The molecule has 1 atom stereocenters. The second-order valence-corrected chi connectivity index (χ2v) is 6.37. The van der Waals surface area contributed by atoms with E-state index in [1.807, 2.05) is 18.2 Å². The fourth-order valence-electron chi connectivity index (χ4n) is 2.94. The second-order valence-electron chi connectivity index (χ2n) is 6.37. The van der Waals surface area contributed by atoms with E-state index in [0.29, 0.717) is 18.7 Å². The quantitative estimate of drug-likeness (QED) is 0.464. The highest BCUT2D eigenvalue weighted by Crippen LogP contribution is 2.26. The van der Waals surface area contributed by atoms with Gasteiger partial charge in [-0.3, -0.25) is 4.79 Å². The van der Waals surface area contributed by atoms with Crippen molar-refractivity contribution < 1.29 is 9.18 Å². The Kier molecular flexibility index (Phi) is 9.41. The Balaban J connectivity index is 0.00000196. The number of benzene rings is 2. The van der Waals surface area contributed by atoms with Gasteiger partial charge in [0.1, 0.15) is 5.82 Å². The molecule has 1 heterocycles. The number of nitrogens with one attached hydrogen (secondary N) is 2. The van der Waals surface area contributed by atoms with E-state index in [-0.39, 0.29) is 42.6 Å². The number of hydrogen-bond acceptors (Lipinski definition) is 3. The van der Waals surface area contributed by atoms with E-state index in [2.05, 4.69) is 10.3 Å². The van der Waals surface area contributed by atoms with Crippen molar-refractivity contribution in [2.45, 2.75) is 18.9 Å². The van der Waals surface area contributed by atoms with Gasteiger partial charge in [-0.05, 0) is 48.7 Å². The van der Waals surface area contributed by atoms with Crippen LogP contribution in [-0.2, 0) is 0 Å². The average Bonchev–Trinajstić information content (AvgIpc) is 3.08. The van der Waals surface area contributed by atoms with E-state index in [1.54, 1.807) is 18.3 Å². The van der Waals surface area contributed by atoms with Gasteiger partial charge in [0.2, 0.25) is 0 Å². The monoisotopic (exact) mass is 426 g/mol. The molecule has 0 saturated carbocycles. The van der Waals surface area contributed by atoms with Gasteiger partial charge in [0.05, 0.1) is 5.56 Å². The Morgan fingerprint density at radius 1 is 1.11 bits per heavy atom. The number of carbonyl (C=O) groups is 1. The van der Waals surface area contributed by atoms with Crippen LogP contribution in [0.4, 0.5) is 4.39 Å². The molecule has 1 aromatic heterocycles. The van der Waals surface area contributed by atoms with Crippen molar-refractivity contribution in [1.29, 1.82) is 0 Å². The summed E-state index contributed by atoms with van der Waals surface area (Å²) in [6, 6.07) is 12.0. The van der Waals surface area contributed by atoms with Crippen molar-refractivity contribution in [2.75, 3.05) is 13.1 Å². The summed E-state index contributed by atoms with van der Waals surface area (Å²) in [6.45, 7) is 1.01. The Morgan fingerprint density at radius 2 is 1.79 bits per heavy atom. The van der Waals surface area contributed by atoms with Gasteiger partial charge in [0.15, 0.2) is 0 Å². The van der Waals surface area contributed by atoms with Gasteiger partial charge >= 0.3 is 0 Å². The lowest BCUT2D eigenvalue weighted by atomic mass is 10.0. The molecule has 152 valence electrons. The summed E-state index contributed by atoms with van der Waals surface area (Å²) in [4.78, 5) is 15.6. The minimum Gasteiger partial charge on any atom is -0.360 e. The molecule has 1 unspecified atom stereocenters. The predicted octanol–water partition coefficient (Wildman–Crippen LogP) is 3.61. The molecular formula is C20H25Cl2FN4O. The molecule has 28 heavy (non-hydrogen) atoms. The Hall–Kier alpha value is -2.12. The number of halogens is 3. The molecule has 0 fully saturated rings. The number of aromatic amines is 1. The third-order valence-electron chi connectivity index (χ3n) is 4.41. The molecule has 5 nitrogen and oxygen atoms in total. The van der Waals surface area contributed by atoms with E-state index < -0.39 is 0 Å². The van der Waals surface area contributed by atoms with Crippen molar-refractivity contribution >= 4 is 41.6 Å². The summed E-state index contributed by atoms with van der Waals surface area (Å²) in [6.07, 6.45) is 3.32. The molecule has 0 radical (unpaired) electrons. The van der Waals surface area contributed by atoms with Gasteiger partial charge in [-0.1, -0.05) is 24.3 Å². The van der Waals surface area contributed by atoms with Crippen LogP contribution in [0.15, 0.2) is 48.7 Å². The zero-order valence-corrected chi connectivity index (χ0v) is 16.9. The Morgan fingerprint density at radius 3 is 2.46 bits per heavy atom. The molecule has 0 saturated heterocycles. The number of fused-ring (bicyclic) bond motifs is 1. The maximum atomic E-state index is 13.1. The van der Waals surface area contributed by atoms with Gasteiger partial charge < -0.3 is 21.8 Å². The highest BCUT2D eigenvalue weighted by molar-refractivity contribution is 6.07. The van der Waals surface area contributed by atoms with E-state index >= 15 is 0 Å². The highest BCUT2D eigenvalue weighted by Gasteiger charge is 2.13. The van der Waals surface area contributed by atoms with Crippen LogP contribution in [0.2, 0.25) is 0 Å². The zero-order valence-electron chi connectivity index (χ0n) is 15.3. The summed E-state index contributed by atoms with van der Waals surface area (Å²) in [5.74, 6) is -0.424.